The Balaban J connectivity index is 1.80. The summed E-state index contributed by atoms with van der Waals surface area (Å²) >= 11 is 5.64. The fraction of sp³-hybridized carbons (Fsp3) is 0.600. The molecule has 0 amide bonds. The van der Waals surface area contributed by atoms with Gasteiger partial charge in [-0.2, -0.15) is 0 Å². The highest BCUT2D eigenvalue weighted by molar-refractivity contribution is 6.30. The van der Waals surface area contributed by atoms with Gasteiger partial charge in [0, 0.05) is 0 Å². The summed E-state index contributed by atoms with van der Waals surface area (Å²) in [6.07, 6.45) is 4.94. The zero-order valence-electron chi connectivity index (χ0n) is 11.1. The molecular weight excluding hydrogens is 265 g/mol. The van der Waals surface area contributed by atoms with Crippen molar-refractivity contribution >= 4 is 11.6 Å². The maximum atomic E-state index is 13.3. The summed E-state index contributed by atoms with van der Waals surface area (Å²) in [6.45, 7) is 1.89. The van der Waals surface area contributed by atoms with Crippen molar-refractivity contribution in [3.63, 3.8) is 0 Å². The lowest BCUT2D eigenvalue weighted by molar-refractivity contribution is 0.0511. The molecule has 19 heavy (non-hydrogen) atoms. The van der Waals surface area contributed by atoms with E-state index in [1.54, 1.807) is 12.1 Å². The molecule has 0 aliphatic heterocycles. The number of ether oxygens (including phenoxy) is 1. The van der Waals surface area contributed by atoms with Gasteiger partial charge in [0.05, 0.1) is 18.2 Å². The van der Waals surface area contributed by atoms with Crippen LogP contribution in [0.5, 0.6) is 0 Å². The minimum Gasteiger partial charge on any atom is -0.376 e. The van der Waals surface area contributed by atoms with Crippen LogP contribution in [0, 0.1) is 17.7 Å². The van der Waals surface area contributed by atoms with Gasteiger partial charge in [-0.1, -0.05) is 30.5 Å². The van der Waals surface area contributed by atoms with Crippen molar-refractivity contribution < 1.29 is 9.13 Å². The van der Waals surface area contributed by atoms with Gasteiger partial charge in [0.25, 0.3) is 0 Å². The van der Waals surface area contributed by atoms with Gasteiger partial charge in [0.2, 0.25) is 0 Å². The fourth-order valence-corrected chi connectivity index (χ4v) is 2.89. The molecule has 2 nitrogen and oxygen atoms in total. The molecule has 0 saturated heterocycles. The number of rotatable bonds is 5. The smallest absolute Gasteiger partial charge is 0.142 e. The highest BCUT2D eigenvalue weighted by atomic mass is 35.5. The molecule has 1 saturated carbocycles. The minimum atomic E-state index is -0.389. The Labute approximate surface area is 119 Å². The average molecular weight is 286 g/mol. The normalized spacial score (nSPS) is 23.5. The van der Waals surface area contributed by atoms with Crippen LogP contribution in [-0.2, 0) is 11.3 Å². The first-order valence-corrected chi connectivity index (χ1v) is 7.30. The van der Waals surface area contributed by atoms with E-state index < -0.39 is 0 Å². The summed E-state index contributed by atoms with van der Waals surface area (Å²) in [6, 6.07) is 4.80. The SMILES string of the molecule is NCC1CCCCC1COCc1ccc(Cl)c(F)c1. The zero-order valence-corrected chi connectivity index (χ0v) is 11.8. The summed E-state index contributed by atoms with van der Waals surface area (Å²) in [5.41, 5.74) is 6.61. The van der Waals surface area contributed by atoms with Crippen LogP contribution < -0.4 is 5.73 Å². The van der Waals surface area contributed by atoms with Crippen molar-refractivity contribution in [2.75, 3.05) is 13.2 Å². The highest BCUT2D eigenvalue weighted by Gasteiger charge is 2.23. The predicted molar refractivity (Wildman–Crippen MR) is 75.6 cm³/mol. The van der Waals surface area contributed by atoms with Crippen molar-refractivity contribution in [1.29, 1.82) is 0 Å². The van der Waals surface area contributed by atoms with Crippen molar-refractivity contribution in [3.8, 4) is 0 Å². The van der Waals surface area contributed by atoms with E-state index >= 15 is 0 Å². The second kappa shape index (κ2) is 7.22. The van der Waals surface area contributed by atoms with Crippen molar-refractivity contribution in [1.82, 2.24) is 0 Å². The molecule has 0 aromatic heterocycles. The highest BCUT2D eigenvalue weighted by Crippen LogP contribution is 2.29. The van der Waals surface area contributed by atoms with Gasteiger partial charge in [0.15, 0.2) is 0 Å². The van der Waals surface area contributed by atoms with E-state index in [-0.39, 0.29) is 10.8 Å². The van der Waals surface area contributed by atoms with E-state index in [0.717, 1.165) is 12.1 Å². The number of nitrogens with two attached hydrogens (primary N) is 1. The second-order valence-corrected chi connectivity index (χ2v) is 5.71. The Morgan fingerprint density at radius 3 is 2.68 bits per heavy atom. The monoisotopic (exact) mass is 285 g/mol. The molecule has 2 rings (SSSR count). The Morgan fingerprint density at radius 1 is 1.26 bits per heavy atom. The standard InChI is InChI=1S/C15H21ClFNO/c16-14-6-5-11(7-15(14)17)9-19-10-13-4-2-1-3-12(13)8-18/h5-7,12-13H,1-4,8-10,18H2. The summed E-state index contributed by atoms with van der Waals surface area (Å²) in [4.78, 5) is 0. The Morgan fingerprint density at radius 2 is 2.00 bits per heavy atom. The maximum Gasteiger partial charge on any atom is 0.142 e. The van der Waals surface area contributed by atoms with Crippen LogP contribution in [0.3, 0.4) is 0 Å². The quantitative estimate of drug-likeness (QED) is 0.894. The summed E-state index contributed by atoms with van der Waals surface area (Å²) in [5, 5.41) is 0.152. The van der Waals surface area contributed by atoms with Gasteiger partial charge in [0.1, 0.15) is 5.82 Å². The lowest BCUT2D eigenvalue weighted by Gasteiger charge is -2.30. The molecule has 1 aromatic carbocycles. The van der Waals surface area contributed by atoms with Crippen LogP contribution in [0.25, 0.3) is 0 Å². The van der Waals surface area contributed by atoms with E-state index in [2.05, 4.69) is 0 Å². The Bertz CT molecular complexity index is 413. The third kappa shape index (κ3) is 4.16. The van der Waals surface area contributed by atoms with Crippen molar-refractivity contribution in [2.24, 2.45) is 17.6 Å². The lowest BCUT2D eigenvalue weighted by atomic mass is 9.80. The third-order valence-electron chi connectivity index (χ3n) is 3.95. The van der Waals surface area contributed by atoms with E-state index in [1.165, 1.54) is 31.7 Å². The molecule has 2 unspecified atom stereocenters. The minimum absolute atomic E-state index is 0.152. The molecule has 106 valence electrons. The molecule has 2 N–H and O–H groups in total. The topological polar surface area (TPSA) is 35.2 Å². The van der Waals surface area contributed by atoms with E-state index in [1.807, 2.05) is 0 Å². The molecule has 4 heteroatoms. The van der Waals surface area contributed by atoms with Gasteiger partial charge >= 0.3 is 0 Å². The van der Waals surface area contributed by atoms with Gasteiger partial charge < -0.3 is 10.5 Å². The first-order valence-electron chi connectivity index (χ1n) is 6.92. The molecule has 0 bridgehead atoms. The second-order valence-electron chi connectivity index (χ2n) is 5.30. The van der Waals surface area contributed by atoms with Crippen LogP contribution >= 0.6 is 11.6 Å². The molecule has 0 heterocycles. The summed E-state index contributed by atoms with van der Waals surface area (Å²) in [7, 11) is 0. The molecule has 0 radical (unpaired) electrons. The first kappa shape index (κ1) is 14.8. The molecule has 1 aromatic rings. The van der Waals surface area contributed by atoms with E-state index in [9.17, 15) is 4.39 Å². The van der Waals surface area contributed by atoms with Crippen LogP contribution in [0.2, 0.25) is 5.02 Å². The number of halogens is 2. The average Bonchev–Trinajstić information content (AvgIpc) is 2.43. The fourth-order valence-electron chi connectivity index (χ4n) is 2.77. The molecular formula is C15H21ClFNO. The predicted octanol–water partition coefficient (Wildman–Crippen LogP) is 3.76. The van der Waals surface area contributed by atoms with Crippen molar-refractivity contribution in [2.45, 2.75) is 32.3 Å². The third-order valence-corrected chi connectivity index (χ3v) is 4.26. The van der Waals surface area contributed by atoms with Crippen LogP contribution in [0.4, 0.5) is 4.39 Å². The van der Waals surface area contributed by atoms with Gasteiger partial charge in [-0.25, -0.2) is 4.39 Å². The largest absolute Gasteiger partial charge is 0.376 e. The summed E-state index contributed by atoms with van der Waals surface area (Å²) in [5.74, 6) is 0.742. The number of benzene rings is 1. The molecule has 1 aliphatic carbocycles. The van der Waals surface area contributed by atoms with Gasteiger partial charge in [-0.05, 0) is 48.9 Å². The molecule has 1 aliphatic rings. The molecule has 2 atom stereocenters. The van der Waals surface area contributed by atoms with Crippen LogP contribution in [0.15, 0.2) is 18.2 Å². The molecule has 0 spiro atoms. The Hall–Kier alpha value is -0.640. The van der Waals surface area contributed by atoms with Gasteiger partial charge in [-0.15, -0.1) is 0 Å². The Kier molecular flexibility index (Phi) is 5.61. The van der Waals surface area contributed by atoms with Gasteiger partial charge in [-0.3, -0.25) is 0 Å². The zero-order chi connectivity index (χ0) is 13.7. The number of hydrogen-bond donors (Lipinski definition) is 1. The maximum absolute atomic E-state index is 13.3. The number of hydrogen-bond acceptors (Lipinski definition) is 2. The van der Waals surface area contributed by atoms with E-state index in [0.29, 0.717) is 25.0 Å². The lowest BCUT2D eigenvalue weighted by Crippen LogP contribution is -2.29. The van der Waals surface area contributed by atoms with Crippen LogP contribution in [-0.4, -0.2) is 13.2 Å². The van der Waals surface area contributed by atoms with Crippen molar-refractivity contribution in [3.05, 3.63) is 34.6 Å². The summed E-state index contributed by atoms with van der Waals surface area (Å²) < 4.78 is 19.0. The van der Waals surface area contributed by atoms with Crippen LogP contribution in [0.1, 0.15) is 31.2 Å². The van der Waals surface area contributed by atoms with E-state index in [4.69, 9.17) is 22.1 Å². The molecule has 1 fully saturated rings. The first-order chi connectivity index (χ1) is 9.20.